The Morgan fingerprint density at radius 1 is 1.29 bits per heavy atom. The van der Waals surface area contributed by atoms with E-state index in [1.54, 1.807) is 12.1 Å². The molecule has 0 amide bonds. The van der Waals surface area contributed by atoms with Gasteiger partial charge in [0.15, 0.2) is 0 Å². The van der Waals surface area contributed by atoms with Gasteiger partial charge in [0.1, 0.15) is 5.75 Å². The molecule has 90 valence electrons. The van der Waals surface area contributed by atoms with Gasteiger partial charge in [-0.05, 0) is 24.6 Å². The Hall–Kier alpha value is -1.83. The molecule has 0 fully saturated rings. The van der Waals surface area contributed by atoms with E-state index in [-0.39, 0.29) is 5.41 Å². The summed E-state index contributed by atoms with van der Waals surface area (Å²) in [7, 11) is 0. The minimum Gasteiger partial charge on any atom is -0.423 e. The first-order chi connectivity index (χ1) is 7.87. The van der Waals surface area contributed by atoms with Crippen molar-refractivity contribution in [2.75, 3.05) is 0 Å². The summed E-state index contributed by atoms with van der Waals surface area (Å²) in [6, 6.07) is 7.45. The summed E-state index contributed by atoms with van der Waals surface area (Å²) in [5.74, 6) is 0.0769. The van der Waals surface area contributed by atoms with Crippen molar-refractivity contribution >= 4 is 5.97 Å². The van der Waals surface area contributed by atoms with E-state index in [1.807, 2.05) is 19.1 Å². The van der Waals surface area contributed by atoms with Gasteiger partial charge in [-0.25, -0.2) is 4.79 Å². The van der Waals surface area contributed by atoms with Crippen LogP contribution < -0.4 is 4.74 Å². The third kappa shape index (κ3) is 3.06. The summed E-state index contributed by atoms with van der Waals surface area (Å²) < 4.78 is 5.01. The van der Waals surface area contributed by atoms with Crippen molar-refractivity contribution in [3.05, 3.63) is 54.6 Å². The summed E-state index contributed by atoms with van der Waals surface area (Å²) in [5.41, 5.74) is 2.15. The quantitative estimate of drug-likeness (QED) is 0.342. The minimum atomic E-state index is -0.447. The molecule has 1 aromatic carbocycles. The van der Waals surface area contributed by atoms with E-state index in [2.05, 4.69) is 27.0 Å². The van der Waals surface area contributed by atoms with E-state index in [9.17, 15) is 4.79 Å². The van der Waals surface area contributed by atoms with Crippen LogP contribution in [0.1, 0.15) is 26.3 Å². The van der Waals surface area contributed by atoms with E-state index < -0.39 is 5.97 Å². The van der Waals surface area contributed by atoms with Crippen LogP contribution in [0.25, 0.3) is 0 Å². The first-order valence-corrected chi connectivity index (χ1v) is 5.48. The molecule has 17 heavy (non-hydrogen) atoms. The highest BCUT2D eigenvalue weighted by molar-refractivity contribution is 5.83. The standard InChI is InChI=1S/C15H18O2/c1-6-14(16)17-13-9-7-12(8-10-13)15(4,5)11(2)3/h6-10H,1-2H2,3-5H3. The normalized spacial score (nSPS) is 10.8. The third-order valence-corrected chi connectivity index (χ3v) is 3.03. The number of allylic oxidation sites excluding steroid dienone is 1. The molecule has 2 heteroatoms. The zero-order chi connectivity index (χ0) is 13.1. The van der Waals surface area contributed by atoms with E-state index in [0.29, 0.717) is 5.75 Å². The predicted octanol–water partition coefficient (Wildman–Crippen LogP) is 3.63. The molecule has 0 saturated heterocycles. The van der Waals surface area contributed by atoms with E-state index in [0.717, 1.165) is 17.2 Å². The van der Waals surface area contributed by atoms with Gasteiger partial charge in [-0.3, -0.25) is 0 Å². The van der Waals surface area contributed by atoms with Crippen LogP contribution in [-0.2, 0) is 10.2 Å². The van der Waals surface area contributed by atoms with Crippen LogP contribution in [0.15, 0.2) is 49.1 Å². The Morgan fingerprint density at radius 3 is 2.24 bits per heavy atom. The second-order valence-electron chi connectivity index (χ2n) is 4.55. The van der Waals surface area contributed by atoms with Crippen molar-refractivity contribution in [1.82, 2.24) is 0 Å². The molecule has 0 radical (unpaired) electrons. The van der Waals surface area contributed by atoms with Crippen LogP contribution in [0.3, 0.4) is 0 Å². The van der Waals surface area contributed by atoms with E-state index in [4.69, 9.17) is 4.74 Å². The number of carbonyl (C=O) groups is 1. The fourth-order valence-electron chi connectivity index (χ4n) is 1.34. The summed E-state index contributed by atoms with van der Waals surface area (Å²) in [5, 5.41) is 0. The van der Waals surface area contributed by atoms with Crippen molar-refractivity contribution in [3.63, 3.8) is 0 Å². The smallest absolute Gasteiger partial charge is 0.335 e. The maximum Gasteiger partial charge on any atom is 0.335 e. The molecule has 0 atom stereocenters. The van der Waals surface area contributed by atoms with E-state index in [1.165, 1.54) is 0 Å². The van der Waals surface area contributed by atoms with E-state index >= 15 is 0 Å². The van der Waals surface area contributed by atoms with Gasteiger partial charge in [-0.1, -0.05) is 44.7 Å². The second kappa shape index (κ2) is 5.00. The minimum absolute atomic E-state index is 0.0824. The van der Waals surface area contributed by atoms with Gasteiger partial charge in [0.2, 0.25) is 0 Å². The first-order valence-electron chi connectivity index (χ1n) is 5.48. The average molecular weight is 230 g/mol. The largest absolute Gasteiger partial charge is 0.423 e. The van der Waals surface area contributed by atoms with Gasteiger partial charge in [0.25, 0.3) is 0 Å². The maximum atomic E-state index is 11.0. The van der Waals surface area contributed by atoms with Crippen molar-refractivity contribution in [2.45, 2.75) is 26.2 Å². The summed E-state index contributed by atoms with van der Waals surface area (Å²) >= 11 is 0. The lowest BCUT2D eigenvalue weighted by molar-refractivity contribution is -0.128. The molecule has 0 spiro atoms. The SMILES string of the molecule is C=CC(=O)Oc1ccc(C(C)(C)C(=C)C)cc1. The highest BCUT2D eigenvalue weighted by Gasteiger charge is 2.21. The number of ether oxygens (including phenoxy) is 1. The van der Waals surface area contributed by atoms with Crippen molar-refractivity contribution in [3.8, 4) is 5.75 Å². The molecule has 0 unspecified atom stereocenters. The Balaban J connectivity index is 2.92. The van der Waals surface area contributed by atoms with Crippen molar-refractivity contribution in [1.29, 1.82) is 0 Å². The first kappa shape index (κ1) is 13.2. The van der Waals surface area contributed by atoms with Crippen LogP contribution >= 0.6 is 0 Å². The molecule has 0 saturated carbocycles. The topological polar surface area (TPSA) is 26.3 Å². The zero-order valence-electron chi connectivity index (χ0n) is 10.6. The molecule has 0 heterocycles. The van der Waals surface area contributed by atoms with Crippen LogP contribution in [0.5, 0.6) is 5.75 Å². The molecule has 0 aliphatic heterocycles. The molecular formula is C15H18O2. The van der Waals surface area contributed by atoms with Crippen LogP contribution in [0.2, 0.25) is 0 Å². The van der Waals surface area contributed by atoms with Gasteiger partial charge in [-0.2, -0.15) is 0 Å². The molecular weight excluding hydrogens is 212 g/mol. The fourth-order valence-corrected chi connectivity index (χ4v) is 1.34. The van der Waals surface area contributed by atoms with Crippen molar-refractivity contribution in [2.24, 2.45) is 0 Å². The number of carbonyl (C=O) groups excluding carboxylic acids is 1. The summed E-state index contributed by atoms with van der Waals surface area (Å²) in [6.07, 6.45) is 1.14. The van der Waals surface area contributed by atoms with Crippen LogP contribution in [-0.4, -0.2) is 5.97 Å². The second-order valence-corrected chi connectivity index (χ2v) is 4.55. The van der Waals surface area contributed by atoms with Gasteiger partial charge in [0.05, 0.1) is 0 Å². The Morgan fingerprint density at radius 2 is 1.82 bits per heavy atom. The molecule has 0 aliphatic rings. The van der Waals surface area contributed by atoms with Gasteiger partial charge in [-0.15, -0.1) is 0 Å². The lowest BCUT2D eigenvalue weighted by Crippen LogP contribution is -2.17. The monoisotopic (exact) mass is 230 g/mol. The van der Waals surface area contributed by atoms with Gasteiger partial charge in [0, 0.05) is 11.5 Å². The van der Waals surface area contributed by atoms with Gasteiger partial charge >= 0.3 is 5.97 Å². The van der Waals surface area contributed by atoms with Crippen LogP contribution in [0, 0.1) is 0 Å². The Kier molecular flexibility index (Phi) is 3.89. The number of hydrogen-bond acceptors (Lipinski definition) is 2. The average Bonchev–Trinajstić information content (AvgIpc) is 2.29. The van der Waals surface area contributed by atoms with Gasteiger partial charge < -0.3 is 4.74 Å². The molecule has 2 nitrogen and oxygen atoms in total. The van der Waals surface area contributed by atoms with Crippen LogP contribution in [0.4, 0.5) is 0 Å². The molecule has 0 bridgehead atoms. The summed E-state index contributed by atoms with van der Waals surface area (Å²) in [6.45, 7) is 13.6. The number of esters is 1. The Labute approximate surface area is 103 Å². The molecule has 0 aliphatic carbocycles. The fraction of sp³-hybridized carbons (Fsp3) is 0.267. The molecule has 1 rings (SSSR count). The lowest BCUT2D eigenvalue weighted by Gasteiger charge is -2.25. The number of benzene rings is 1. The molecule has 1 aromatic rings. The third-order valence-electron chi connectivity index (χ3n) is 3.03. The Bertz CT molecular complexity index is 438. The lowest BCUT2D eigenvalue weighted by atomic mass is 9.79. The predicted molar refractivity (Wildman–Crippen MR) is 70.1 cm³/mol. The highest BCUT2D eigenvalue weighted by Crippen LogP contribution is 2.31. The molecule has 0 N–H and O–H groups in total. The summed E-state index contributed by atoms with van der Waals surface area (Å²) in [4.78, 5) is 11.0. The zero-order valence-corrected chi connectivity index (χ0v) is 10.6. The number of hydrogen-bond donors (Lipinski definition) is 0. The highest BCUT2D eigenvalue weighted by atomic mass is 16.5. The molecule has 0 aromatic heterocycles. The van der Waals surface area contributed by atoms with Crippen molar-refractivity contribution < 1.29 is 9.53 Å². The number of rotatable bonds is 4. The maximum absolute atomic E-state index is 11.0.